The Kier molecular flexibility index (Phi) is 3.19. The first-order chi connectivity index (χ1) is 10.3. The summed E-state index contributed by atoms with van der Waals surface area (Å²) in [7, 11) is 0. The largest absolute Gasteiger partial charge is 0.374 e. The Bertz CT molecular complexity index is 662. The van der Waals surface area contributed by atoms with Crippen molar-refractivity contribution in [2.24, 2.45) is 0 Å². The van der Waals surface area contributed by atoms with E-state index in [1.807, 2.05) is 35.4 Å². The van der Waals surface area contributed by atoms with Gasteiger partial charge >= 0.3 is 0 Å². The van der Waals surface area contributed by atoms with E-state index in [2.05, 4.69) is 4.98 Å². The molecule has 1 amide bonds. The fraction of sp³-hybridized carbons (Fsp3) is 0.471. The molecule has 2 fully saturated rings. The van der Waals surface area contributed by atoms with Crippen LogP contribution in [0.25, 0.3) is 10.9 Å². The minimum atomic E-state index is 0.145. The molecule has 1 saturated heterocycles. The zero-order valence-corrected chi connectivity index (χ0v) is 12.0. The number of benzene rings is 1. The smallest absolute Gasteiger partial charge is 0.254 e. The number of amides is 1. The topological polar surface area (TPSA) is 45.3 Å². The van der Waals surface area contributed by atoms with Gasteiger partial charge in [0.1, 0.15) is 0 Å². The van der Waals surface area contributed by atoms with Gasteiger partial charge in [0, 0.05) is 23.8 Å². The third-order valence-corrected chi connectivity index (χ3v) is 4.79. The summed E-state index contributed by atoms with van der Waals surface area (Å²) in [5.41, 5.74) is 1.80. The molecule has 21 heavy (non-hydrogen) atoms. The second-order valence-corrected chi connectivity index (χ2v) is 6.04. The van der Waals surface area contributed by atoms with E-state index >= 15 is 0 Å². The van der Waals surface area contributed by atoms with Crippen molar-refractivity contribution >= 4 is 16.8 Å². The molecule has 2 aliphatic rings. The molecule has 0 radical (unpaired) electrons. The van der Waals surface area contributed by atoms with Crippen LogP contribution in [0.2, 0.25) is 0 Å². The number of hydrogen-bond acceptors (Lipinski definition) is 2. The van der Waals surface area contributed by atoms with Gasteiger partial charge < -0.3 is 14.6 Å². The van der Waals surface area contributed by atoms with Crippen LogP contribution < -0.4 is 0 Å². The molecule has 1 aliphatic carbocycles. The summed E-state index contributed by atoms with van der Waals surface area (Å²) < 4.78 is 5.86. The standard InChI is InChI=1S/C17H20N2O2/c20-17(13-6-5-12-7-8-18-14(12)11-13)19-9-10-21-16-4-2-1-3-15(16)19/h5-8,11,15-16,18H,1-4,9-10H2/t15-,16+/m1/s1. The number of rotatable bonds is 1. The van der Waals surface area contributed by atoms with Crippen LogP contribution in [-0.4, -0.2) is 41.1 Å². The lowest BCUT2D eigenvalue weighted by Gasteiger charge is -2.43. The molecule has 1 N–H and O–H groups in total. The van der Waals surface area contributed by atoms with Crippen LogP contribution in [0.5, 0.6) is 0 Å². The monoisotopic (exact) mass is 284 g/mol. The van der Waals surface area contributed by atoms with Crippen molar-refractivity contribution in [3.05, 3.63) is 36.0 Å². The third kappa shape index (κ3) is 2.23. The molecule has 2 heterocycles. The van der Waals surface area contributed by atoms with Gasteiger partial charge in [-0.2, -0.15) is 0 Å². The molecule has 0 spiro atoms. The molecule has 110 valence electrons. The number of fused-ring (bicyclic) bond motifs is 2. The number of ether oxygens (including phenoxy) is 1. The number of nitrogens with zero attached hydrogens (tertiary/aromatic N) is 1. The van der Waals surface area contributed by atoms with E-state index in [0.717, 1.165) is 29.3 Å². The molecule has 2 aromatic rings. The van der Waals surface area contributed by atoms with Crippen LogP contribution >= 0.6 is 0 Å². The Labute approximate surface area is 124 Å². The van der Waals surface area contributed by atoms with E-state index in [1.165, 1.54) is 12.8 Å². The maximum absolute atomic E-state index is 12.9. The minimum Gasteiger partial charge on any atom is -0.374 e. The highest BCUT2D eigenvalue weighted by Gasteiger charge is 2.36. The fourth-order valence-corrected chi connectivity index (χ4v) is 3.70. The molecule has 2 atom stereocenters. The summed E-state index contributed by atoms with van der Waals surface area (Å²) in [4.78, 5) is 18.1. The highest BCUT2D eigenvalue weighted by Crippen LogP contribution is 2.29. The van der Waals surface area contributed by atoms with Crippen molar-refractivity contribution in [2.45, 2.75) is 37.8 Å². The highest BCUT2D eigenvalue weighted by atomic mass is 16.5. The lowest BCUT2D eigenvalue weighted by atomic mass is 9.89. The summed E-state index contributed by atoms with van der Waals surface area (Å²) in [6.45, 7) is 1.38. The van der Waals surface area contributed by atoms with E-state index in [9.17, 15) is 4.79 Å². The molecule has 4 rings (SSSR count). The Hall–Kier alpha value is -1.81. The molecule has 1 aliphatic heterocycles. The quantitative estimate of drug-likeness (QED) is 0.875. The number of aromatic nitrogens is 1. The molecule has 4 nitrogen and oxygen atoms in total. The average Bonchev–Trinajstić information content (AvgIpc) is 3.01. The van der Waals surface area contributed by atoms with Gasteiger partial charge in [0.2, 0.25) is 0 Å². The Morgan fingerprint density at radius 1 is 1.24 bits per heavy atom. The van der Waals surface area contributed by atoms with Crippen molar-refractivity contribution in [3.8, 4) is 0 Å². The van der Waals surface area contributed by atoms with Gasteiger partial charge in [0.25, 0.3) is 5.91 Å². The van der Waals surface area contributed by atoms with Gasteiger partial charge in [0.15, 0.2) is 0 Å². The third-order valence-electron chi connectivity index (χ3n) is 4.79. The van der Waals surface area contributed by atoms with Crippen molar-refractivity contribution in [1.29, 1.82) is 0 Å². The highest BCUT2D eigenvalue weighted by molar-refractivity contribution is 5.98. The van der Waals surface area contributed by atoms with Crippen LogP contribution in [0.4, 0.5) is 0 Å². The van der Waals surface area contributed by atoms with Crippen molar-refractivity contribution in [2.75, 3.05) is 13.2 Å². The van der Waals surface area contributed by atoms with Crippen LogP contribution in [0, 0.1) is 0 Å². The van der Waals surface area contributed by atoms with E-state index in [0.29, 0.717) is 13.2 Å². The zero-order chi connectivity index (χ0) is 14.2. The van der Waals surface area contributed by atoms with Crippen molar-refractivity contribution < 1.29 is 9.53 Å². The second kappa shape index (κ2) is 5.19. The Morgan fingerprint density at radius 2 is 2.14 bits per heavy atom. The summed E-state index contributed by atoms with van der Waals surface area (Å²) in [5, 5.41) is 1.14. The van der Waals surface area contributed by atoms with Crippen LogP contribution in [0.1, 0.15) is 36.0 Å². The maximum Gasteiger partial charge on any atom is 0.254 e. The van der Waals surface area contributed by atoms with Gasteiger partial charge in [-0.25, -0.2) is 0 Å². The van der Waals surface area contributed by atoms with Crippen LogP contribution in [0.15, 0.2) is 30.5 Å². The first-order valence-corrected chi connectivity index (χ1v) is 7.83. The molecule has 4 heteroatoms. The van der Waals surface area contributed by atoms with Gasteiger partial charge in [-0.05, 0) is 36.4 Å². The van der Waals surface area contributed by atoms with E-state index in [4.69, 9.17) is 4.74 Å². The molecule has 0 unspecified atom stereocenters. The van der Waals surface area contributed by atoms with Crippen LogP contribution in [-0.2, 0) is 4.74 Å². The van der Waals surface area contributed by atoms with Gasteiger partial charge in [0.05, 0.1) is 18.8 Å². The average molecular weight is 284 g/mol. The Balaban J connectivity index is 1.63. The first kappa shape index (κ1) is 12.9. The number of aromatic amines is 1. The first-order valence-electron chi connectivity index (χ1n) is 7.83. The summed E-state index contributed by atoms with van der Waals surface area (Å²) in [6.07, 6.45) is 6.73. The summed E-state index contributed by atoms with van der Waals surface area (Å²) >= 11 is 0. The van der Waals surface area contributed by atoms with Gasteiger partial charge in [-0.1, -0.05) is 18.9 Å². The number of nitrogens with one attached hydrogen (secondary N) is 1. The van der Waals surface area contributed by atoms with Crippen molar-refractivity contribution in [1.82, 2.24) is 9.88 Å². The molecular formula is C17H20N2O2. The minimum absolute atomic E-state index is 0.145. The summed E-state index contributed by atoms with van der Waals surface area (Å²) in [6, 6.07) is 8.20. The van der Waals surface area contributed by atoms with Crippen LogP contribution in [0.3, 0.4) is 0 Å². The molecule has 0 bridgehead atoms. The Morgan fingerprint density at radius 3 is 3.10 bits per heavy atom. The van der Waals surface area contributed by atoms with Crippen molar-refractivity contribution in [3.63, 3.8) is 0 Å². The number of morpholine rings is 1. The van der Waals surface area contributed by atoms with E-state index in [1.54, 1.807) is 0 Å². The number of carbonyl (C=O) groups excluding carboxylic acids is 1. The lowest BCUT2D eigenvalue weighted by molar-refractivity contribution is -0.0752. The fourth-order valence-electron chi connectivity index (χ4n) is 3.70. The molecule has 1 aromatic heterocycles. The number of hydrogen-bond donors (Lipinski definition) is 1. The SMILES string of the molecule is O=C(c1ccc2cc[nH]c2c1)N1CCO[C@H]2CCCC[C@H]21. The predicted molar refractivity (Wildman–Crippen MR) is 81.3 cm³/mol. The predicted octanol–water partition coefficient (Wildman–Crippen LogP) is 2.95. The lowest BCUT2D eigenvalue weighted by Crippen LogP contribution is -2.54. The molecule has 1 saturated carbocycles. The number of H-pyrrole nitrogens is 1. The number of carbonyl (C=O) groups is 1. The summed E-state index contributed by atoms with van der Waals surface area (Å²) in [5.74, 6) is 0.145. The molecular weight excluding hydrogens is 264 g/mol. The maximum atomic E-state index is 12.9. The zero-order valence-electron chi connectivity index (χ0n) is 12.0. The van der Waals surface area contributed by atoms with E-state index in [-0.39, 0.29) is 18.1 Å². The molecule has 1 aromatic carbocycles. The van der Waals surface area contributed by atoms with E-state index < -0.39 is 0 Å². The van der Waals surface area contributed by atoms with Gasteiger partial charge in [-0.15, -0.1) is 0 Å². The normalized spacial score (nSPS) is 25.8. The van der Waals surface area contributed by atoms with Gasteiger partial charge in [-0.3, -0.25) is 4.79 Å². The second-order valence-electron chi connectivity index (χ2n) is 6.04.